The summed E-state index contributed by atoms with van der Waals surface area (Å²) >= 11 is 0. The molecule has 1 aromatic carbocycles. The number of aryl methyl sites for hydroxylation is 2. The first-order chi connectivity index (χ1) is 7.58. The summed E-state index contributed by atoms with van der Waals surface area (Å²) in [4.78, 5) is 15.6. The van der Waals surface area contributed by atoms with Crippen LogP contribution < -0.4 is 0 Å². The third-order valence-electron chi connectivity index (χ3n) is 2.65. The van der Waals surface area contributed by atoms with Crippen molar-refractivity contribution in [2.45, 2.75) is 26.4 Å². The van der Waals surface area contributed by atoms with Gasteiger partial charge in [-0.05, 0) is 25.5 Å². The second kappa shape index (κ2) is 3.96. The maximum absolute atomic E-state index is 10.7. The molecule has 16 heavy (non-hydrogen) atoms. The summed E-state index contributed by atoms with van der Waals surface area (Å²) in [7, 11) is 0. The molecular weight excluding hydrogens is 206 g/mol. The number of oxime groups is 1. The number of aliphatic carboxylic acids is 1. The van der Waals surface area contributed by atoms with Crippen molar-refractivity contribution in [2.24, 2.45) is 5.16 Å². The first-order valence-electron chi connectivity index (χ1n) is 5.11. The molecule has 4 nitrogen and oxygen atoms in total. The van der Waals surface area contributed by atoms with Crippen molar-refractivity contribution in [1.29, 1.82) is 0 Å². The number of rotatable bonds is 2. The van der Waals surface area contributed by atoms with Crippen LogP contribution in [0.4, 0.5) is 0 Å². The number of hydrogen-bond donors (Lipinski definition) is 1. The third-order valence-corrected chi connectivity index (χ3v) is 2.65. The molecule has 1 atom stereocenters. The highest BCUT2D eigenvalue weighted by molar-refractivity contribution is 6.04. The van der Waals surface area contributed by atoms with E-state index >= 15 is 0 Å². The molecule has 0 radical (unpaired) electrons. The third kappa shape index (κ3) is 1.91. The fraction of sp³-hybridized carbons (Fsp3) is 0.333. The van der Waals surface area contributed by atoms with Gasteiger partial charge in [0.25, 0.3) is 0 Å². The van der Waals surface area contributed by atoms with E-state index in [1.165, 1.54) is 0 Å². The Morgan fingerprint density at radius 1 is 1.50 bits per heavy atom. The molecule has 0 unspecified atom stereocenters. The predicted octanol–water partition coefficient (Wildman–Crippen LogP) is 1.88. The van der Waals surface area contributed by atoms with Crippen LogP contribution in [0.25, 0.3) is 0 Å². The molecule has 1 aromatic rings. The minimum atomic E-state index is -0.968. The van der Waals surface area contributed by atoms with E-state index in [-0.39, 0.29) is 0 Å². The van der Waals surface area contributed by atoms with Crippen molar-refractivity contribution in [2.75, 3.05) is 0 Å². The number of hydrogen-bond acceptors (Lipinski definition) is 3. The highest BCUT2D eigenvalue weighted by atomic mass is 16.7. The molecule has 0 aliphatic carbocycles. The van der Waals surface area contributed by atoms with E-state index in [0.717, 1.165) is 16.7 Å². The quantitative estimate of drug-likeness (QED) is 0.826. The second-order valence-electron chi connectivity index (χ2n) is 3.99. The molecular formula is C12H13NO3. The van der Waals surface area contributed by atoms with Crippen molar-refractivity contribution in [1.82, 2.24) is 0 Å². The Morgan fingerprint density at radius 3 is 2.88 bits per heavy atom. The van der Waals surface area contributed by atoms with Gasteiger partial charge in [0.2, 0.25) is 6.10 Å². The van der Waals surface area contributed by atoms with Crippen molar-refractivity contribution >= 4 is 11.7 Å². The summed E-state index contributed by atoms with van der Waals surface area (Å²) in [6, 6.07) is 6.02. The van der Waals surface area contributed by atoms with E-state index < -0.39 is 12.1 Å². The van der Waals surface area contributed by atoms with Gasteiger partial charge in [-0.15, -0.1) is 0 Å². The van der Waals surface area contributed by atoms with E-state index in [9.17, 15) is 4.79 Å². The molecule has 1 heterocycles. The average molecular weight is 219 g/mol. The largest absolute Gasteiger partial charge is 0.478 e. The maximum atomic E-state index is 10.7. The number of carboxylic acid groups (broad SMARTS) is 1. The summed E-state index contributed by atoms with van der Waals surface area (Å²) < 4.78 is 0. The lowest BCUT2D eigenvalue weighted by molar-refractivity contribution is -0.148. The first-order valence-corrected chi connectivity index (χ1v) is 5.11. The SMILES string of the molecule is Cc1ccc(C)c(C2=NO[C@@H](C(=O)O)C2)c1. The van der Waals surface area contributed by atoms with Gasteiger partial charge in [-0.25, -0.2) is 4.79 Å². The van der Waals surface area contributed by atoms with Gasteiger partial charge in [0.1, 0.15) is 0 Å². The highest BCUT2D eigenvalue weighted by Crippen LogP contribution is 2.20. The van der Waals surface area contributed by atoms with Crippen molar-refractivity contribution in [3.63, 3.8) is 0 Å². The molecule has 0 amide bonds. The van der Waals surface area contributed by atoms with Crippen LogP contribution in [0.5, 0.6) is 0 Å². The monoisotopic (exact) mass is 219 g/mol. The topological polar surface area (TPSA) is 58.9 Å². The predicted molar refractivity (Wildman–Crippen MR) is 59.6 cm³/mol. The molecule has 1 aliphatic heterocycles. The summed E-state index contributed by atoms with van der Waals surface area (Å²) in [5.74, 6) is -0.968. The van der Waals surface area contributed by atoms with Crippen molar-refractivity contribution in [3.8, 4) is 0 Å². The van der Waals surface area contributed by atoms with E-state index in [1.807, 2.05) is 32.0 Å². The fourth-order valence-corrected chi connectivity index (χ4v) is 1.72. The van der Waals surface area contributed by atoms with Crippen LogP contribution in [0.2, 0.25) is 0 Å². The molecule has 0 spiro atoms. The Hall–Kier alpha value is -1.84. The lowest BCUT2D eigenvalue weighted by Gasteiger charge is -2.05. The van der Waals surface area contributed by atoms with Gasteiger partial charge < -0.3 is 9.94 Å². The molecule has 84 valence electrons. The van der Waals surface area contributed by atoms with Crippen LogP contribution >= 0.6 is 0 Å². The van der Waals surface area contributed by atoms with E-state index in [2.05, 4.69) is 5.16 Å². The van der Waals surface area contributed by atoms with E-state index in [1.54, 1.807) is 0 Å². The minimum Gasteiger partial charge on any atom is -0.478 e. The molecule has 1 N–H and O–H groups in total. The van der Waals surface area contributed by atoms with Crippen LogP contribution in [-0.2, 0) is 9.63 Å². The lowest BCUT2D eigenvalue weighted by Crippen LogP contribution is -2.20. The van der Waals surface area contributed by atoms with E-state index in [0.29, 0.717) is 12.1 Å². The summed E-state index contributed by atoms with van der Waals surface area (Å²) in [5.41, 5.74) is 3.90. The van der Waals surface area contributed by atoms with Gasteiger partial charge in [0, 0.05) is 12.0 Å². The zero-order valence-corrected chi connectivity index (χ0v) is 9.23. The summed E-state index contributed by atoms with van der Waals surface area (Å²) in [5, 5.41) is 12.6. The van der Waals surface area contributed by atoms with Crippen molar-refractivity contribution in [3.05, 3.63) is 34.9 Å². The maximum Gasteiger partial charge on any atom is 0.348 e. The number of benzene rings is 1. The van der Waals surface area contributed by atoms with Crippen LogP contribution in [0.15, 0.2) is 23.4 Å². The van der Waals surface area contributed by atoms with Gasteiger partial charge in [-0.1, -0.05) is 22.9 Å². The number of carbonyl (C=O) groups is 1. The number of carboxylic acids is 1. The van der Waals surface area contributed by atoms with Crippen LogP contribution in [0, 0.1) is 13.8 Å². The van der Waals surface area contributed by atoms with Gasteiger partial charge in [0.15, 0.2) is 0 Å². The minimum absolute atomic E-state index is 0.333. The Kier molecular flexibility index (Phi) is 2.64. The summed E-state index contributed by atoms with van der Waals surface area (Å²) in [6.45, 7) is 3.97. The van der Waals surface area contributed by atoms with Gasteiger partial charge >= 0.3 is 5.97 Å². The molecule has 0 fully saturated rings. The Morgan fingerprint density at radius 2 is 2.25 bits per heavy atom. The van der Waals surface area contributed by atoms with Crippen molar-refractivity contribution < 1.29 is 14.7 Å². The molecule has 2 rings (SSSR count). The highest BCUT2D eigenvalue weighted by Gasteiger charge is 2.28. The second-order valence-corrected chi connectivity index (χ2v) is 3.99. The standard InChI is InChI=1S/C12H13NO3/c1-7-3-4-8(2)9(5-7)10-6-11(12(14)15)16-13-10/h3-5,11H,6H2,1-2H3,(H,14,15)/t11-/m1/s1. The zero-order valence-electron chi connectivity index (χ0n) is 9.23. The molecule has 0 saturated carbocycles. The molecule has 0 bridgehead atoms. The van der Waals surface area contributed by atoms with Crippen LogP contribution in [0.3, 0.4) is 0 Å². The average Bonchev–Trinajstić information content (AvgIpc) is 2.70. The molecule has 4 heteroatoms. The molecule has 0 saturated heterocycles. The van der Waals surface area contributed by atoms with Gasteiger partial charge in [-0.3, -0.25) is 0 Å². The van der Waals surface area contributed by atoms with Crippen LogP contribution in [-0.4, -0.2) is 22.9 Å². The lowest BCUT2D eigenvalue weighted by atomic mass is 9.98. The molecule has 0 aromatic heterocycles. The van der Waals surface area contributed by atoms with Crippen LogP contribution in [0.1, 0.15) is 23.1 Å². The Bertz CT molecular complexity index is 465. The van der Waals surface area contributed by atoms with Gasteiger partial charge in [0.05, 0.1) is 5.71 Å². The number of nitrogens with zero attached hydrogens (tertiary/aromatic N) is 1. The first kappa shape index (κ1) is 10.7. The zero-order chi connectivity index (χ0) is 11.7. The Labute approximate surface area is 93.5 Å². The Balaban J connectivity index is 2.27. The van der Waals surface area contributed by atoms with Gasteiger partial charge in [-0.2, -0.15) is 0 Å². The smallest absolute Gasteiger partial charge is 0.348 e. The fourth-order valence-electron chi connectivity index (χ4n) is 1.72. The normalized spacial score (nSPS) is 19.1. The molecule has 1 aliphatic rings. The van der Waals surface area contributed by atoms with E-state index in [4.69, 9.17) is 9.94 Å². The summed E-state index contributed by atoms with van der Waals surface area (Å²) in [6.07, 6.45) is -0.505.